The molecular weight excluding hydrogens is 194 g/mol. The molecule has 4 heteroatoms. The van der Waals surface area contributed by atoms with Gasteiger partial charge in [0.15, 0.2) is 0 Å². The molecule has 3 nitrogen and oxygen atoms in total. The third-order valence-electron chi connectivity index (χ3n) is 2.20. The zero-order chi connectivity index (χ0) is 10.4. The van der Waals surface area contributed by atoms with Crippen LogP contribution in [-0.2, 0) is 8.85 Å². The Morgan fingerprint density at radius 1 is 1.21 bits per heavy atom. The SMILES string of the molecule is CO[SiH](CC(N)c1ccccc1)OC. The Morgan fingerprint density at radius 2 is 1.79 bits per heavy atom. The summed E-state index contributed by atoms with van der Waals surface area (Å²) < 4.78 is 10.5. The van der Waals surface area contributed by atoms with E-state index in [-0.39, 0.29) is 6.04 Å². The molecule has 0 radical (unpaired) electrons. The summed E-state index contributed by atoms with van der Waals surface area (Å²) in [5, 5.41) is 0. The molecule has 0 amide bonds. The van der Waals surface area contributed by atoms with Crippen LogP contribution in [0.4, 0.5) is 0 Å². The van der Waals surface area contributed by atoms with Crippen molar-refractivity contribution < 1.29 is 8.85 Å². The minimum atomic E-state index is -1.54. The van der Waals surface area contributed by atoms with E-state index in [1.54, 1.807) is 14.2 Å². The molecule has 0 aliphatic heterocycles. The van der Waals surface area contributed by atoms with Crippen molar-refractivity contribution in [3.63, 3.8) is 0 Å². The number of benzene rings is 1. The van der Waals surface area contributed by atoms with Gasteiger partial charge in [0, 0.05) is 26.3 Å². The summed E-state index contributed by atoms with van der Waals surface area (Å²) in [5.74, 6) is 0. The topological polar surface area (TPSA) is 44.5 Å². The van der Waals surface area contributed by atoms with Crippen molar-refractivity contribution in [1.82, 2.24) is 0 Å². The van der Waals surface area contributed by atoms with Crippen LogP contribution in [0.1, 0.15) is 11.6 Å². The Hall–Kier alpha value is -0.683. The molecule has 1 unspecified atom stereocenters. The Balaban J connectivity index is 2.54. The van der Waals surface area contributed by atoms with E-state index in [2.05, 4.69) is 0 Å². The fourth-order valence-electron chi connectivity index (χ4n) is 1.33. The van der Waals surface area contributed by atoms with Crippen LogP contribution in [-0.4, -0.2) is 23.5 Å². The zero-order valence-electron chi connectivity index (χ0n) is 8.64. The van der Waals surface area contributed by atoms with E-state index in [1.807, 2.05) is 30.3 Å². The molecule has 1 aromatic rings. The van der Waals surface area contributed by atoms with Crippen LogP contribution in [0.5, 0.6) is 0 Å². The summed E-state index contributed by atoms with van der Waals surface area (Å²) >= 11 is 0. The lowest BCUT2D eigenvalue weighted by Gasteiger charge is -2.16. The Kier molecular flexibility index (Phi) is 4.82. The summed E-state index contributed by atoms with van der Waals surface area (Å²) in [4.78, 5) is 0. The van der Waals surface area contributed by atoms with E-state index in [9.17, 15) is 0 Å². The van der Waals surface area contributed by atoms with Gasteiger partial charge in [-0.2, -0.15) is 0 Å². The molecule has 1 aromatic carbocycles. The van der Waals surface area contributed by atoms with Gasteiger partial charge in [-0.3, -0.25) is 0 Å². The fraction of sp³-hybridized carbons (Fsp3) is 0.400. The average Bonchev–Trinajstić information content (AvgIpc) is 2.26. The number of hydrogen-bond acceptors (Lipinski definition) is 3. The van der Waals surface area contributed by atoms with Crippen LogP contribution in [0, 0.1) is 0 Å². The van der Waals surface area contributed by atoms with Crippen molar-refractivity contribution in [3.8, 4) is 0 Å². The van der Waals surface area contributed by atoms with Crippen LogP contribution in [0.2, 0.25) is 6.04 Å². The molecule has 0 fully saturated rings. The molecule has 0 spiro atoms. The lowest BCUT2D eigenvalue weighted by molar-refractivity contribution is 0.274. The van der Waals surface area contributed by atoms with Crippen LogP contribution in [0.15, 0.2) is 30.3 Å². The van der Waals surface area contributed by atoms with Crippen LogP contribution in [0.25, 0.3) is 0 Å². The Morgan fingerprint density at radius 3 is 2.29 bits per heavy atom. The molecule has 0 bridgehead atoms. The minimum Gasteiger partial charge on any atom is -0.400 e. The normalized spacial score (nSPS) is 13.1. The third kappa shape index (κ3) is 3.23. The smallest absolute Gasteiger partial charge is 0.322 e. The first-order valence-electron chi connectivity index (χ1n) is 4.64. The summed E-state index contributed by atoms with van der Waals surface area (Å²) in [6.45, 7) is 0. The van der Waals surface area contributed by atoms with Crippen LogP contribution < -0.4 is 5.73 Å². The molecule has 0 saturated heterocycles. The largest absolute Gasteiger partial charge is 0.400 e. The summed E-state index contributed by atoms with van der Waals surface area (Å²) in [6, 6.07) is 10.8. The minimum absolute atomic E-state index is 0.0211. The molecule has 0 saturated carbocycles. The first-order chi connectivity index (χ1) is 6.77. The van der Waals surface area contributed by atoms with Gasteiger partial charge < -0.3 is 14.6 Å². The molecule has 0 aliphatic rings. The van der Waals surface area contributed by atoms with Crippen molar-refractivity contribution in [2.24, 2.45) is 5.73 Å². The van der Waals surface area contributed by atoms with Gasteiger partial charge in [-0.1, -0.05) is 30.3 Å². The Labute approximate surface area is 86.7 Å². The third-order valence-corrected chi connectivity index (χ3v) is 4.14. The van der Waals surface area contributed by atoms with Crippen molar-refractivity contribution in [3.05, 3.63) is 35.9 Å². The van der Waals surface area contributed by atoms with E-state index in [0.717, 1.165) is 11.6 Å². The van der Waals surface area contributed by atoms with Crippen molar-refractivity contribution in [2.75, 3.05) is 14.2 Å². The zero-order valence-corrected chi connectivity index (χ0v) is 9.80. The monoisotopic (exact) mass is 211 g/mol. The van der Waals surface area contributed by atoms with E-state index >= 15 is 0 Å². The van der Waals surface area contributed by atoms with E-state index in [4.69, 9.17) is 14.6 Å². The van der Waals surface area contributed by atoms with Crippen molar-refractivity contribution in [2.45, 2.75) is 12.1 Å². The molecular formula is C10H17NO2Si. The van der Waals surface area contributed by atoms with E-state index < -0.39 is 9.28 Å². The van der Waals surface area contributed by atoms with Crippen LogP contribution in [0.3, 0.4) is 0 Å². The second-order valence-corrected chi connectivity index (χ2v) is 5.43. The molecule has 1 atom stereocenters. The van der Waals surface area contributed by atoms with Gasteiger partial charge in [-0.05, 0) is 5.56 Å². The highest BCUT2D eigenvalue weighted by Gasteiger charge is 2.16. The molecule has 78 valence electrons. The van der Waals surface area contributed by atoms with Crippen LogP contribution >= 0.6 is 0 Å². The standard InChI is InChI=1S/C10H17NO2Si/c1-12-14(13-2)8-10(11)9-6-4-3-5-7-9/h3-7,10,14H,8,11H2,1-2H3. The van der Waals surface area contributed by atoms with Gasteiger partial charge in [0.05, 0.1) is 0 Å². The average molecular weight is 211 g/mol. The van der Waals surface area contributed by atoms with E-state index in [0.29, 0.717) is 0 Å². The first-order valence-corrected chi connectivity index (χ1v) is 6.40. The molecule has 2 N–H and O–H groups in total. The predicted octanol–water partition coefficient (Wildman–Crippen LogP) is 1.20. The predicted molar refractivity (Wildman–Crippen MR) is 59.3 cm³/mol. The van der Waals surface area contributed by atoms with Gasteiger partial charge >= 0.3 is 9.28 Å². The summed E-state index contributed by atoms with van der Waals surface area (Å²) in [5.41, 5.74) is 7.16. The van der Waals surface area contributed by atoms with Gasteiger partial charge in [-0.25, -0.2) is 0 Å². The lowest BCUT2D eigenvalue weighted by atomic mass is 10.1. The Bertz CT molecular complexity index is 252. The highest BCUT2D eigenvalue weighted by Crippen LogP contribution is 2.16. The van der Waals surface area contributed by atoms with Gasteiger partial charge in [-0.15, -0.1) is 0 Å². The highest BCUT2D eigenvalue weighted by atomic mass is 28.3. The second kappa shape index (κ2) is 5.92. The van der Waals surface area contributed by atoms with Gasteiger partial charge in [0.25, 0.3) is 0 Å². The maximum absolute atomic E-state index is 6.02. The maximum Gasteiger partial charge on any atom is 0.322 e. The highest BCUT2D eigenvalue weighted by molar-refractivity contribution is 6.44. The quantitative estimate of drug-likeness (QED) is 0.744. The molecule has 0 aromatic heterocycles. The van der Waals surface area contributed by atoms with Crippen molar-refractivity contribution in [1.29, 1.82) is 0 Å². The molecule has 1 rings (SSSR count). The second-order valence-electron chi connectivity index (χ2n) is 3.15. The van der Waals surface area contributed by atoms with Crippen molar-refractivity contribution >= 4 is 9.28 Å². The fourth-order valence-corrected chi connectivity index (χ4v) is 2.60. The molecule has 0 aliphatic carbocycles. The summed E-state index contributed by atoms with van der Waals surface area (Å²) in [7, 11) is 1.81. The first kappa shape index (κ1) is 11.4. The maximum atomic E-state index is 6.02. The number of nitrogens with two attached hydrogens (primary N) is 1. The molecule has 0 heterocycles. The molecule has 14 heavy (non-hydrogen) atoms. The number of rotatable bonds is 5. The van der Waals surface area contributed by atoms with Gasteiger partial charge in [0.1, 0.15) is 0 Å². The summed E-state index contributed by atoms with van der Waals surface area (Å²) in [6.07, 6.45) is 0. The number of hydrogen-bond donors (Lipinski definition) is 1. The van der Waals surface area contributed by atoms with E-state index in [1.165, 1.54) is 0 Å². The van der Waals surface area contributed by atoms with Gasteiger partial charge in [0.2, 0.25) is 0 Å². The lowest BCUT2D eigenvalue weighted by Crippen LogP contribution is -2.25.